The van der Waals surface area contributed by atoms with Crippen molar-refractivity contribution in [3.63, 3.8) is 0 Å². The second kappa shape index (κ2) is 13.3. The second-order valence-corrected chi connectivity index (χ2v) is 16.5. The zero-order valence-corrected chi connectivity index (χ0v) is 32.4. The number of hydrogen-bond acceptors (Lipinski definition) is 3. The van der Waals surface area contributed by atoms with E-state index in [0.29, 0.717) is 5.25 Å². The van der Waals surface area contributed by atoms with Crippen LogP contribution in [0.2, 0.25) is 0 Å². The molecule has 58 heavy (non-hydrogen) atoms. The monoisotopic (exact) mass is 760 g/mol. The lowest BCUT2D eigenvalue weighted by Crippen LogP contribution is -2.10. The minimum absolute atomic E-state index is 0.432. The minimum Gasteiger partial charge on any atom is -0.454 e. The van der Waals surface area contributed by atoms with Crippen molar-refractivity contribution in [2.45, 2.75) is 16.6 Å². The number of rotatable bonds is 6. The number of aromatic nitrogens is 1. The Labute approximate surface area is 340 Å². The fourth-order valence-corrected chi connectivity index (χ4v) is 10.5. The third-order valence-corrected chi connectivity index (χ3v) is 13.3. The van der Waals surface area contributed by atoms with Gasteiger partial charge in [0.1, 0.15) is 5.58 Å². The van der Waals surface area contributed by atoms with E-state index in [9.17, 15) is 0 Å². The summed E-state index contributed by atoms with van der Waals surface area (Å²) < 4.78 is 8.89. The van der Waals surface area contributed by atoms with Crippen molar-refractivity contribution in [3.05, 3.63) is 211 Å². The Bertz CT molecular complexity index is 3330. The van der Waals surface area contributed by atoms with Gasteiger partial charge in [-0.3, -0.25) is 0 Å². The van der Waals surface area contributed by atoms with Gasteiger partial charge in [-0.1, -0.05) is 133 Å². The number of hydrogen-bond donors (Lipinski definition) is 0. The van der Waals surface area contributed by atoms with Crippen LogP contribution in [0.15, 0.2) is 210 Å². The summed E-state index contributed by atoms with van der Waals surface area (Å²) >= 11 is 1.98. The van der Waals surface area contributed by atoms with Crippen LogP contribution >= 0.6 is 11.8 Å². The van der Waals surface area contributed by atoms with Gasteiger partial charge in [0.15, 0.2) is 5.58 Å². The Balaban J connectivity index is 0.941. The van der Waals surface area contributed by atoms with E-state index in [1.807, 2.05) is 17.8 Å². The van der Waals surface area contributed by atoms with E-state index in [4.69, 9.17) is 4.42 Å². The zero-order valence-electron chi connectivity index (χ0n) is 31.5. The standard InChI is InChI=1S/C54H36N2OS/c1-3-14-42-36(11-1)13-9-19-47(42)55(41-30-25-37(26-31-41)53-34-39-12-2-8-22-52(39)58-53)40-28-23-35(24-29-40)38-27-32-49-46(33-38)43-15-4-6-18-48(43)56(49)50-20-10-17-45-44-16-5-7-21-51(44)57-54(45)50/h1-33,53H,34H2. The quantitative estimate of drug-likeness (QED) is 0.168. The lowest BCUT2D eigenvalue weighted by Gasteiger charge is -2.27. The molecular formula is C54H36N2OS. The summed E-state index contributed by atoms with van der Waals surface area (Å²) in [6.45, 7) is 0. The highest BCUT2D eigenvalue weighted by atomic mass is 32.2. The number of thioether (sulfide) groups is 1. The predicted octanol–water partition coefficient (Wildman–Crippen LogP) is 15.4. The summed E-state index contributed by atoms with van der Waals surface area (Å²) in [5.74, 6) is 0. The van der Waals surface area contributed by atoms with E-state index < -0.39 is 0 Å². The first-order valence-corrected chi connectivity index (χ1v) is 20.8. The van der Waals surface area contributed by atoms with Crippen molar-refractivity contribution in [2.75, 3.05) is 4.90 Å². The maximum atomic E-state index is 6.53. The van der Waals surface area contributed by atoms with Crippen LogP contribution in [0.4, 0.5) is 17.1 Å². The van der Waals surface area contributed by atoms with Crippen molar-refractivity contribution in [1.29, 1.82) is 0 Å². The molecule has 3 heterocycles. The smallest absolute Gasteiger partial charge is 0.159 e. The van der Waals surface area contributed by atoms with Crippen molar-refractivity contribution >= 4 is 83.3 Å². The molecular weight excluding hydrogens is 725 g/mol. The largest absolute Gasteiger partial charge is 0.454 e. The molecule has 0 N–H and O–H groups in total. The van der Waals surface area contributed by atoms with Crippen LogP contribution in [0.1, 0.15) is 16.4 Å². The Morgan fingerprint density at radius 3 is 2.02 bits per heavy atom. The number of para-hydroxylation sites is 3. The highest BCUT2D eigenvalue weighted by molar-refractivity contribution is 7.99. The SMILES string of the molecule is c1ccc2c(c1)CC(c1ccc(N(c3ccc(-c4ccc5c(c4)c4ccccc4n5-c4cccc5c4oc4ccccc45)cc3)c3cccc4ccccc34)cc1)S2. The molecule has 1 unspecified atom stereocenters. The lowest BCUT2D eigenvalue weighted by molar-refractivity contribution is 0.666. The first-order chi connectivity index (χ1) is 28.7. The highest BCUT2D eigenvalue weighted by Gasteiger charge is 2.24. The number of furan rings is 1. The van der Waals surface area contributed by atoms with Crippen LogP contribution in [0.5, 0.6) is 0 Å². The van der Waals surface area contributed by atoms with Gasteiger partial charge in [-0.25, -0.2) is 0 Å². The molecule has 9 aromatic carbocycles. The maximum Gasteiger partial charge on any atom is 0.159 e. The van der Waals surface area contributed by atoms with E-state index in [1.165, 1.54) is 48.7 Å². The Morgan fingerprint density at radius 1 is 0.500 bits per heavy atom. The number of nitrogens with zero attached hydrogens (tertiary/aromatic N) is 2. The fraction of sp³-hybridized carbons (Fsp3) is 0.0370. The van der Waals surface area contributed by atoms with Crippen molar-refractivity contribution in [3.8, 4) is 16.8 Å². The molecule has 1 aliphatic heterocycles. The molecule has 1 aliphatic rings. The normalized spacial score (nSPS) is 13.9. The summed E-state index contributed by atoms with van der Waals surface area (Å²) in [4.78, 5) is 3.81. The van der Waals surface area contributed by atoms with Crippen LogP contribution in [0.3, 0.4) is 0 Å². The molecule has 0 amide bonds. The average molecular weight is 761 g/mol. The topological polar surface area (TPSA) is 21.3 Å². The Hall–Kier alpha value is -7.01. The molecule has 0 spiro atoms. The molecule has 0 aliphatic carbocycles. The van der Waals surface area contributed by atoms with Crippen LogP contribution < -0.4 is 4.90 Å². The van der Waals surface area contributed by atoms with E-state index in [1.54, 1.807) is 0 Å². The van der Waals surface area contributed by atoms with Gasteiger partial charge in [-0.2, -0.15) is 0 Å². The van der Waals surface area contributed by atoms with E-state index in [0.717, 1.165) is 62.1 Å². The average Bonchev–Trinajstić information content (AvgIpc) is 3.99. The van der Waals surface area contributed by atoms with Crippen LogP contribution in [0, 0.1) is 0 Å². The summed E-state index contributed by atoms with van der Waals surface area (Å²) in [5.41, 5.74) is 13.8. The number of fused-ring (bicyclic) bond motifs is 8. The molecule has 274 valence electrons. The fourth-order valence-electron chi connectivity index (χ4n) is 9.16. The predicted molar refractivity (Wildman–Crippen MR) is 244 cm³/mol. The summed E-state index contributed by atoms with van der Waals surface area (Å²) in [7, 11) is 0. The van der Waals surface area contributed by atoms with Crippen LogP contribution in [-0.4, -0.2) is 4.57 Å². The van der Waals surface area contributed by atoms with E-state index in [-0.39, 0.29) is 0 Å². The zero-order chi connectivity index (χ0) is 38.2. The summed E-state index contributed by atoms with van der Waals surface area (Å²) in [5, 5.41) is 7.57. The molecule has 0 fully saturated rings. The molecule has 0 saturated carbocycles. The molecule has 1 atom stereocenters. The number of anilines is 3. The van der Waals surface area contributed by atoms with Gasteiger partial charge in [-0.05, 0) is 101 Å². The van der Waals surface area contributed by atoms with Crippen molar-refractivity contribution < 1.29 is 4.42 Å². The van der Waals surface area contributed by atoms with Gasteiger partial charge in [0.25, 0.3) is 0 Å². The molecule has 2 aromatic heterocycles. The Morgan fingerprint density at radius 2 is 1.16 bits per heavy atom. The molecule has 0 bridgehead atoms. The molecule has 11 aromatic rings. The van der Waals surface area contributed by atoms with Crippen LogP contribution in [0.25, 0.3) is 71.3 Å². The molecule has 0 radical (unpaired) electrons. The van der Waals surface area contributed by atoms with E-state index >= 15 is 0 Å². The minimum atomic E-state index is 0.432. The molecule has 3 nitrogen and oxygen atoms in total. The lowest BCUT2D eigenvalue weighted by atomic mass is 10.0. The van der Waals surface area contributed by atoms with Gasteiger partial charge >= 0.3 is 0 Å². The Kier molecular flexibility index (Phi) is 7.60. The van der Waals surface area contributed by atoms with Gasteiger partial charge in [0.2, 0.25) is 0 Å². The summed E-state index contributed by atoms with van der Waals surface area (Å²) in [6.07, 6.45) is 1.07. The van der Waals surface area contributed by atoms with Gasteiger partial charge in [-0.15, -0.1) is 11.8 Å². The third-order valence-electron chi connectivity index (χ3n) is 11.9. The summed E-state index contributed by atoms with van der Waals surface area (Å²) in [6, 6.07) is 72.8. The van der Waals surface area contributed by atoms with Gasteiger partial charge in [0, 0.05) is 48.5 Å². The second-order valence-electron chi connectivity index (χ2n) is 15.2. The van der Waals surface area contributed by atoms with Crippen molar-refractivity contribution in [1.82, 2.24) is 4.57 Å². The van der Waals surface area contributed by atoms with Gasteiger partial charge < -0.3 is 13.9 Å². The van der Waals surface area contributed by atoms with E-state index in [2.05, 4.69) is 204 Å². The van der Waals surface area contributed by atoms with Gasteiger partial charge in [0.05, 0.1) is 22.4 Å². The van der Waals surface area contributed by atoms with Crippen LogP contribution in [-0.2, 0) is 6.42 Å². The first kappa shape index (κ1) is 33.2. The maximum absolute atomic E-state index is 6.53. The number of benzene rings is 9. The molecule has 12 rings (SSSR count). The molecule has 0 saturated heterocycles. The molecule has 4 heteroatoms. The first-order valence-electron chi connectivity index (χ1n) is 19.9. The third kappa shape index (κ3) is 5.29. The van der Waals surface area contributed by atoms with Crippen molar-refractivity contribution in [2.24, 2.45) is 0 Å². The highest BCUT2D eigenvalue weighted by Crippen LogP contribution is 2.47.